The van der Waals surface area contributed by atoms with Crippen molar-refractivity contribution >= 4 is 23.5 Å². The van der Waals surface area contributed by atoms with E-state index in [0.717, 1.165) is 6.07 Å². The predicted molar refractivity (Wildman–Crippen MR) is 115 cm³/mol. The van der Waals surface area contributed by atoms with Gasteiger partial charge < -0.3 is 15.0 Å². The molecule has 0 saturated carbocycles. The molecule has 1 atom stereocenters. The van der Waals surface area contributed by atoms with Crippen LogP contribution in [0.4, 0.5) is 14.9 Å². The van der Waals surface area contributed by atoms with Crippen LogP contribution in [0.15, 0.2) is 47.7 Å². The topological polar surface area (TPSA) is 169 Å². The number of anilines is 1. The van der Waals surface area contributed by atoms with Crippen molar-refractivity contribution < 1.29 is 19.1 Å². The Hall–Kier alpha value is -5.10. The first-order chi connectivity index (χ1) is 16.2. The number of imidazole rings is 1. The highest BCUT2D eigenvalue weighted by Crippen LogP contribution is 2.35. The van der Waals surface area contributed by atoms with Gasteiger partial charge in [0.15, 0.2) is 11.7 Å². The Morgan fingerprint density at radius 3 is 2.59 bits per heavy atom. The number of halogens is 1. The average molecular weight is 458 g/mol. The number of pyridine rings is 1. The van der Waals surface area contributed by atoms with Crippen LogP contribution < -0.4 is 10.6 Å². The van der Waals surface area contributed by atoms with Gasteiger partial charge in [0.1, 0.15) is 34.9 Å². The number of nitrogens with one attached hydrogen (secondary N) is 2. The summed E-state index contributed by atoms with van der Waals surface area (Å²) in [5.41, 5.74) is -0.530. The number of nitrogens with zero attached hydrogens (tertiary/aromatic N) is 6. The Morgan fingerprint density at radius 2 is 1.94 bits per heavy atom. The third-order valence-electron chi connectivity index (χ3n) is 5.16. The quantitative estimate of drug-likeness (QED) is 0.541. The van der Waals surface area contributed by atoms with Crippen molar-refractivity contribution in [3.8, 4) is 12.1 Å². The van der Waals surface area contributed by atoms with Gasteiger partial charge in [0.25, 0.3) is 5.91 Å². The summed E-state index contributed by atoms with van der Waals surface area (Å²) in [6.45, 7) is 1.58. The van der Waals surface area contributed by atoms with Crippen LogP contribution in [0.5, 0.6) is 0 Å². The first-order valence-electron chi connectivity index (χ1n) is 9.77. The molecule has 0 spiro atoms. The minimum atomic E-state index is -1.40. The number of benzene rings is 1. The molecule has 34 heavy (non-hydrogen) atoms. The number of nitriles is 2. The molecule has 11 nitrogen and oxygen atoms in total. The van der Waals surface area contributed by atoms with Crippen molar-refractivity contribution in [1.82, 2.24) is 19.9 Å². The number of aromatic nitrogens is 3. The minimum absolute atomic E-state index is 0.00151. The first-order valence-corrected chi connectivity index (χ1v) is 9.77. The predicted octanol–water partition coefficient (Wildman–Crippen LogP) is 2.36. The van der Waals surface area contributed by atoms with Gasteiger partial charge in [0.2, 0.25) is 0 Å². The Bertz CT molecular complexity index is 1430. The van der Waals surface area contributed by atoms with Gasteiger partial charge in [0.05, 0.1) is 18.3 Å². The van der Waals surface area contributed by atoms with E-state index in [9.17, 15) is 24.3 Å². The number of hydrogen-bond acceptors (Lipinski definition) is 7. The lowest BCUT2D eigenvalue weighted by Crippen LogP contribution is -2.42. The molecule has 0 aliphatic carbocycles. The second-order valence-electron chi connectivity index (χ2n) is 7.52. The minimum Gasteiger partial charge on any atom is -0.465 e. The second-order valence-corrected chi connectivity index (χ2v) is 7.52. The molecule has 3 aromatic rings. The summed E-state index contributed by atoms with van der Waals surface area (Å²) in [5.74, 6) is -1.22. The summed E-state index contributed by atoms with van der Waals surface area (Å²) in [6, 6.07) is 10.6. The highest BCUT2D eigenvalue weighted by atomic mass is 19.1. The lowest BCUT2D eigenvalue weighted by molar-refractivity contribution is 0.102. The molecule has 3 N–H and O–H groups in total. The number of rotatable bonds is 3. The van der Waals surface area contributed by atoms with Gasteiger partial charge in [-0.05, 0) is 37.3 Å². The molecule has 1 unspecified atom stereocenters. The van der Waals surface area contributed by atoms with Gasteiger partial charge >= 0.3 is 6.09 Å². The van der Waals surface area contributed by atoms with Crippen LogP contribution in [-0.4, -0.2) is 37.5 Å². The van der Waals surface area contributed by atoms with E-state index in [0.29, 0.717) is 5.56 Å². The van der Waals surface area contributed by atoms with E-state index >= 15 is 0 Å². The van der Waals surface area contributed by atoms with Crippen LogP contribution in [0.1, 0.15) is 40.1 Å². The number of carbonyl (C=O) groups excluding carboxylic acids is 1. The number of amidine groups is 1. The number of aliphatic imine (C=N–C) groups is 1. The van der Waals surface area contributed by atoms with E-state index in [1.54, 1.807) is 6.92 Å². The molecular formula is C22H15FN8O3. The normalized spacial score (nSPS) is 16.4. The number of carboxylic acid groups (broad SMARTS) is 1. The molecule has 0 bridgehead atoms. The van der Waals surface area contributed by atoms with Crippen molar-refractivity contribution in [3.63, 3.8) is 0 Å². The number of carbonyl (C=O) groups is 2. The molecule has 0 saturated heterocycles. The maximum Gasteiger partial charge on any atom is 0.410 e. The Labute approximate surface area is 191 Å². The molecule has 1 aliphatic rings. The monoisotopic (exact) mass is 458 g/mol. The van der Waals surface area contributed by atoms with E-state index in [4.69, 9.17) is 5.26 Å². The fourth-order valence-corrected chi connectivity index (χ4v) is 3.59. The van der Waals surface area contributed by atoms with Gasteiger partial charge in [-0.15, -0.1) is 0 Å². The van der Waals surface area contributed by atoms with Crippen LogP contribution in [0, 0.1) is 28.5 Å². The molecule has 168 valence electrons. The van der Waals surface area contributed by atoms with Crippen LogP contribution in [0.2, 0.25) is 0 Å². The third-order valence-corrected chi connectivity index (χ3v) is 5.16. The van der Waals surface area contributed by atoms with Crippen molar-refractivity contribution in [2.75, 3.05) is 5.32 Å². The highest BCUT2D eigenvalue weighted by Gasteiger charge is 2.37. The van der Waals surface area contributed by atoms with E-state index < -0.39 is 23.4 Å². The molecule has 0 fully saturated rings. The molecule has 2 amide bonds. The SMILES string of the molecule is CC1(c2cc(NC(=O)c3ccc(C#N)cn3)ccc2F)Cn2c(C#N)cnc2C(NC(=O)O)=N1. The highest BCUT2D eigenvalue weighted by molar-refractivity contribution is 6.05. The van der Waals surface area contributed by atoms with Crippen molar-refractivity contribution in [2.45, 2.75) is 19.0 Å². The molecule has 1 aromatic carbocycles. The molecule has 4 rings (SSSR count). The Kier molecular flexibility index (Phi) is 5.49. The van der Waals surface area contributed by atoms with Crippen molar-refractivity contribution in [1.29, 1.82) is 10.5 Å². The van der Waals surface area contributed by atoms with Crippen LogP contribution in [0.25, 0.3) is 0 Å². The van der Waals surface area contributed by atoms with E-state index in [-0.39, 0.29) is 40.8 Å². The summed E-state index contributed by atoms with van der Waals surface area (Å²) in [6.07, 6.45) is 1.14. The lowest BCUT2D eigenvalue weighted by Gasteiger charge is -2.32. The van der Waals surface area contributed by atoms with Gasteiger partial charge in [-0.1, -0.05) is 0 Å². The largest absolute Gasteiger partial charge is 0.465 e. The number of fused-ring (bicyclic) bond motifs is 1. The standard InChI is InChI=1S/C22H15FN8O3/c1-22(11-31-14(8-25)10-27-19(31)18(30-22)29-21(33)34)15-6-13(3-4-16(15)23)28-20(32)17-5-2-12(7-24)9-26-17/h2-6,9-10H,11H2,1H3,(H,28,32)(H,29,30)(H,33,34). The summed E-state index contributed by atoms with van der Waals surface area (Å²) in [7, 11) is 0. The van der Waals surface area contributed by atoms with E-state index in [1.807, 2.05) is 12.1 Å². The molecule has 12 heteroatoms. The third kappa shape index (κ3) is 4.03. The smallest absolute Gasteiger partial charge is 0.410 e. The Balaban J connectivity index is 1.71. The van der Waals surface area contributed by atoms with Crippen molar-refractivity contribution in [2.24, 2.45) is 4.99 Å². The van der Waals surface area contributed by atoms with Crippen LogP contribution >= 0.6 is 0 Å². The second kappa shape index (κ2) is 8.44. The van der Waals surface area contributed by atoms with Gasteiger partial charge in [-0.25, -0.2) is 19.2 Å². The fourth-order valence-electron chi connectivity index (χ4n) is 3.59. The summed E-state index contributed by atoms with van der Waals surface area (Å²) < 4.78 is 16.4. The zero-order valence-corrected chi connectivity index (χ0v) is 17.6. The summed E-state index contributed by atoms with van der Waals surface area (Å²) in [5, 5.41) is 32.2. The maximum absolute atomic E-state index is 15.0. The van der Waals surface area contributed by atoms with Crippen molar-refractivity contribution in [3.05, 3.63) is 76.9 Å². The number of amides is 2. The van der Waals surface area contributed by atoms with E-state index in [2.05, 4.69) is 25.6 Å². The van der Waals surface area contributed by atoms with Gasteiger partial charge in [-0.2, -0.15) is 10.5 Å². The zero-order chi connectivity index (χ0) is 24.5. The lowest BCUT2D eigenvalue weighted by atomic mass is 9.90. The average Bonchev–Trinajstić information content (AvgIpc) is 3.22. The van der Waals surface area contributed by atoms with Crippen LogP contribution in [-0.2, 0) is 12.1 Å². The number of hydrogen-bond donors (Lipinski definition) is 3. The van der Waals surface area contributed by atoms with Crippen LogP contribution in [0.3, 0.4) is 0 Å². The molecule has 1 aliphatic heterocycles. The summed E-state index contributed by atoms with van der Waals surface area (Å²) >= 11 is 0. The summed E-state index contributed by atoms with van der Waals surface area (Å²) in [4.78, 5) is 36.2. The Morgan fingerprint density at radius 1 is 1.15 bits per heavy atom. The maximum atomic E-state index is 15.0. The van der Waals surface area contributed by atoms with E-state index in [1.165, 1.54) is 41.2 Å². The molecule has 0 radical (unpaired) electrons. The zero-order valence-electron chi connectivity index (χ0n) is 17.6. The van der Waals surface area contributed by atoms with Gasteiger partial charge in [-0.3, -0.25) is 15.1 Å². The molecule has 2 aromatic heterocycles. The fraction of sp³-hybridized carbons (Fsp3) is 0.136. The van der Waals surface area contributed by atoms with Gasteiger partial charge in [0, 0.05) is 17.4 Å². The molecular weight excluding hydrogens is 443 g/mol. The molecule has 3 heterocycles. The first kappa shape index (κ1) is 22.1.